The molecule has 130 valence electrons. The standard InChI is InChI=1S/C19H24O5/c1-4-11-24-19(21)13-18(20)15(2)6-5-12-23-14-16-7-9-17(22-3)10-8-16/h4,6-10H,1,5,11-14H2,2-3H3/b15-6+. The number of allylic oxidation sites excluding steroid dienone is 1. The molecule has 0 amide bonds. The zero-order chi connectivity index (χ0) is 17.8. The molecule has 0 bridgehead atoms. The van der Waals surface area contributed by atoms with Gasteiger partial charge in [0.15, 0.2) is 5.78 Å². The van der Waals surface area contributed by atoms with E-state index in [4.69, 9.17) is 14.2 Å². The Bertz CT molecular complexity index is 572. The summed E-state index contributed by atoms with van der Waals surface area (Å²) in [5.74, 6) is 0.0325. The highest BCUT2D eigenvalue weighted by Gasteiger charge is 2.11. The molecule has 1 aromatic carbocycles. The minimum Gasteiger partial charge on any atom is -0.497 e. The van der Waals surface area contributed by atoms with Crippen LogP contribution in [-0.2, 0) is 25.7 Å². The average Bonchev–Trinajstić information content (AvgIpc) is 2.59. The average molecular weight is 332 g/mol. The molecule has 1 aromatic rings. The fourth-order valence-electron chi connectivity index (χ4n) is 1.86. The lowest BCUT2D eigenvalue weighted by atomic mass is 10.1. The number of rotatable bonds is 11. The van der Waals surface area contributed by atoms with Gasteiger partial charge < -0.3 is 14.2 Å². The number of methoxy groups -OCH3 is 1. The molecular weight excluding hydrogens is 308 g/mol. The van der Waals surface area contributed by atoms with Crippen molar-refractivity contribution in [3.63, 3.8) is 0 Å². The van der Waals surface area contributed by atoms with Gasteiger partial charge in [0.1, 0.15) is 18.8 Å². The highest BCUT2D eigenvalue weighted by Crippen LogP contribution is 2.12. The van der Waals surface area contributed by atoms with Gasteiger partial charge in [-0.3, -0.25) is 9.59 Å². The van der Waals surface area contributed by atoms with Gasteiger partial charge in [-0.05, 0) is 36.6 Å². The van der Waals surface area contributed by atoms with Crippen molar-refractivity contribution in [1.82, 2.24) is 0 Å². The highest BCUT2D eigenvalue weighted by atomic mass is 16.5. The Morgan fingerprint density at radius 2 is 1.92 bits per heavy atom. The number of carbonyl (C=O) groups excluding carboxylic acids is 2. The number of ether oxygens (including phenoxy) is 3. The van der Waals surface area contributed by atoms with Crippen LogP contribution in [0.25, 0.3) is 0 Å². The second kappa shape index (κ2) is 11.2. The smallest absolute Gasteiger partial charge is 0.313 e. The predicted octanol–water partition coefficient (Wildman–Crippen LogP) is 3.24. The highest BCUT2D eigenvalue weighted by molar-refractivity contribution is 6.05. The van der Waals surface area contributed by atoms with Gasteiger partial charge in [0, 0.05) is 0 Å². The van der Waals surface area contributed by atoms with Crippen LogP contribution in [0.2, 0.25) is 0 Å². The maximum absolute atomic E-state index is 11.8. The Balaban J connectivity index is 2.26. The van der Waals surface area contributed by atoms with E-state index in [2.05, 4.69) is 6.58 Å². The number of carbonyl (C=O) groups is 2. The van der Waals surface area contributed by atoms with E-state index in [1.807, 2.05) is 24.3 Å². The van der Waals surface area contributed by atoms with E-state index in [9.17, 15) is 9.59 Å². The third kappa shape index (κ3) is 7.74. The van der Waals surface area contributed by atoms with Crippen LogP contribution in [-0.4, -0.2) is 32.1 Å². The molecule has 0 heterocycles. The van der Waals surface area contributed by atoms with E-state index in [-0.39, 0.29) is 18.8 Å². The molecule has 0 N–H and O–H groups in total. The summed E-state index contributed by atoms with van der Waals surface area (Å²) in [6, 6.07) is 7.65. The Kier molecular flexibility index (Phi) is 9.16. The first-order valence-electron chi connectivity index (χ1n) is 7.74. The number of benzene rings is 1. The summed E-state index contributed by atoms with van der Waals surface area (Å²) in [6.45, 7) is 6.24. The fraction of sp³-hybridized carbons (Fsp3) is 0.368. The minimum atomic E-state index is -0.539. The van der Waals surface area contributed by atoms with Crippen molar-refractivity contribution >= 4 is 11.8 Å². The third-order valence-electron chi connectivity index (χ3n) is 3.25. The van der Waals surface area contributed by atoms with Gasteiger partial charge >= 0.3 is 5.97 Å². The molecule has 5 nitrogen and oxygen atoms in total. The van der Waals surface area contributed by atoms with Crippen LogP contribution < -0.4 is 4.74 Å². The Morgan fingerprint density at radius 3 is 2.54 bits per heavy atom. The normalized spacial score (nSPS) is 11.0. The molecule has 5 heteroatoms. The lowest BCUT2D eigenvalue weighted by Crippen LogP contribution is -2.12. The maximum Gasteiger partial charge on any atom is 0.313 e. The molecule has 0 atom stereocenters. The number of esters is 1. The summed E-state index contributed by atoms with van der Waals surface area (Å²) in [7, 11) is 1.63. The molecule has 1 rings (SSSR count). The minimum absolute atomic E-state index is 0.119. The van der Waals surface area contributed by atoms with Crippen LogP contribution in [0.15, 0.2) is 48.6 Å². The Labute approximate surface area is 142 Å². The second-order valence-electron chi connectivity index (χ2n) is 5.15. The van der Waals surface area contributed by atoms with Gasteiger partial charge in [0.05, 0.1) is 20.3 Å². The first-order valence-corrected chi connectivity index (χ1v) is 7.74. The first-order chi connectivity index (χ1) is 11.6. The maximum atomic E-state index is 11.8. The van der Waals surface area contributed by atoms with E-state index in [0.717, 1.165) is 11.3 Å². The van der Waals surface area contributed by atoms with Gasteiger partial charge in [0.25, 0.3) is 0 Å². The summed E-state index contributed by atoms with van der Waals surface area (Å²) in [5.41, 5.74) is 1.59. The van der Waals surface area contributed by atoms with E-state index in [0.29, 0.717) is 25.2 Å². The van der Waals surface area contributed by atoms with Crippen LogP contribution in [0.5, 0.6) is 5.75 Å². The molecule has 0 aliphatic heterocycles. The number of hydrogen-bond donors (Lipinski definition) is 0. The summed E-state index contributed by atoms with van der Waals surface area (Å²) in [6.07, 6.45) is 3.60. The molecule has 0 radical (unpaired) electrons. The van der Waals surface area contributed by atoms with Crippen molar-refractivity contribution in [3.8, 4) is 5.75 Å². The molecule has 0 aliphatic rings. The topological polar surface area (TPSA) is 61.8 Å². The van der Waals surface area contributed by atoms with E-state index in [1.54, 1.807) is 20.1 Å². The molecule has 0 aromatic heterocycles. The quantitative estimate of drug-likeness (QED) is 0.205. The van der Waals surface area contributed by atoms with E-state index in [1.165, 1.54) is 6.08 Å². The first kappa shape index (κ1) is 19.6. The largest absolute Gasteiger partial charge is 0.497 e. The summed E-state index contributed by atoms with van der Waals surface area (Å²) >= 11 is 0. The van der Waals surface area contributed by atoms with Crippen LogP contribution in [0.4, 0.5) is 0 Å². The summed E-state index contributed by atoms with van der Waals surface area (Å²) in [4.78, 5) is 23.2. The van der Waals surface area contributed by atoms with Gasteiger partial charge in [-0.25, -0.2) is 0 Å². The SMILES string of the molecule is C=CCOC(=O)CC(=O)/C(C)=C/CCOCc1ccc(OC)cc1. The Morgan fingerprint density at radius 1 is 1.21 bits per heavy atom. The number of Topliss-reactive ketones (excluding diaryl/α,β-unsaturated/α-hetero) is 1. The molecule has 0 fully saturated rings. The molecular formula is C19H24O5. The van der Waals surface area contributed by atoms with Gasteiger partial charge in [-0.1, -0.05) is 30.9 Å². The second-order valence-corrected chi connectivity index (χ2v) is 5.15. The monoisotopic (exact) mass is 332 g/mol. The van der Waals surface area contributed by atoms with Crippen LogP contribution in [0.1, 0.15) is 25.3 Å². The molecule has 24 heavy (non-hydrogen) atoms. The molecule has 0 saturated carbocycles. The summed E-state index contributed by atoms with van der Waals surface area (Å²) < 4.78 is 15.4. The summed E-state index contributed by atoms with van der Waals surface area (Å²) in [5, 5.41) is 0. The van der Waals surface area contributed by atoms with E-state index >= 15 is 0 Å². The predicted molar refractivity (Wildman–Crippen MR) is 91.8 cm³/mol. The van der Waals surface area contributed by atoms with Gasteiger partial charge in [0.2, 0.25) is 0 Å². The van der Waals surface area contributed by atoms with E-state index < -0.39 is 5.97 Å². The molecule has 0 aliphatic carbocycles. The zero-order valence-corrected chi connectivity index (χ0v) is 14.2. The van der Waals surface area contributed by atoms with Gasteiger partial charge in [-0.15, -0.1) is 0 Å². The lowest BCUT2D eigenvalue weighted by molar-refractivity contribution is -0.144. The Hall–Kier alpha value is -2.40. The van der Waals surface area contributed by atoms with Crippen molar-refractivity contribution < 1.29 is 23.8 Å². The van der Waals surface area contributed by atoms with Crippen LogP contribution in [0, 0.1) is 0 Å². The van der Waals surface area contributed by atoms with Crippen molar-refractivity contribution in [3.05, 3.63) is 54.1 Å². The van der Waals surface area contributed by atoms with Crippen LogP contribution in [0.3, 0.4) is 0 Å². The lowest BCUT2D eigenvalue weighted by Gasteiger charge is -2.05. The molecule has 0 spiro atoms. The van der Waals surface area contributed by atoms with Crippen molar-refractivity contribution in [2.45, 2.75) is 26.4 Å². The van der Waals surface area contributed by atoms with Crippen LogP contribution >= 0.6 is 0 Å². The third-order valence-corrected chi connectivity index (χ3v) is 3.25. The van der Waals surface area contributed by atoms with Crippen molar-refractivity contribution in [2.24, 2.45) is 0 Å². The van der Waals surface area contributed by atoms with Gasteiger partial charge in [-0.2, -0.15) is 0 Å². The fourth-order valence-corrected chi connectivity index (χ4v) is 1.86. The molecule has 0 saturated heterocycles. The number of hydrogen-bond acceptors (Lipinski definition) is 5. The molecule has 0 unspecified atom stereocenters. The zero-order valence-electron chi connectivity index (χ0n) is 14.2. The number of ketones is 1. The van der Waals surface area contributed by atoms with Crippen molar-refractivity contribution in [2.75, 3.05) is 20.3 Å². The van der Waals surface area contributed by atoms with Crippen molar-refractivity contribution in [1.29, 1.82) is 0 Å².